The van der Waals surface area contributed by atoms with E-state index in [9.17, 15) is 4.79 Å². The van der Waals surface area contributed by atoms with E-state index in [1.54, 1.807) is 6.20 Å². The van der Waals surface area contributed by atoms with Gasteiger partial charge in [-0.1, -0.05) is 31.5 Å². The molecular formula is C26H30BrN5O2. The molecule has 4 atom stereocenters. The minimum atomic E-state index is -0.202. The van der Waals surface area contributed by atoms with Crippen molar-refractivity contribution in [3.05, 3.63) is 58.3 Å². The molecule has 3 aromatic rings. The third-order valence-corrected chi connectivity index (χ3v) is 8.01. The van der Waals surface area contributed by atoms with Gasteiger partial charge in [0.2, 0.25) is 0 Å². The van der Waals surface area contributed by atoms with Gasteiger partial charge < -0.3 is 14.6 Å². The van der Waals surface area contributed by atoms with Gasteiger partial charge in [0.15, 0.2) is 0 Å². The smallest absolute Gasteiger partial charge is 0.310 e. The Hall–Kier alpha value is -2.71. The standard InChI is InChI=1S/C26H30BrN5O2/c1-4-15-14-32(2)22-12-19-17-7-5-6-8-20(17)29-25(19)21(11-18(15)24(22)26(33)34-3)30-31-23-10-9-16(27)13-28-23/h5-10,13,15,18,22,24,29H,4,11-12,14H2,1-3H3,(H,28,31)/b30-21+/t15-,18+,22-,24-/m0/s1. The monoisotopic (exact) mass is 523 g/mol. The number of anilines is 1. The molecule has 0 saturated carbocycles. The van der Waals surface area contributed by atoms with Crippen LogP contribution >= 0.6 is 15.9 Å². The maximum Gasteiger partial charge on any atom is 0.310 e. The topological polar surface area (TPSA) is 82.6 Å². The highest BCUT2D eigenvalue weighted by atomic mass is 79.9. The number of esters is 1. The molecule has 0 radical (unpaired) electrons. The quantitative estimate of drug-likeness (QED) is 0.377. The van der Waals surface area contributed by atoms with Crippen molar-refractivity contribution in [1.29, 1.82) is 0 Å². The first-order valence-corrected chi connectivity index (χ1v) is 12.6. The van der Waals surface area contributed by atoms with E-state index in [1.165, 1.54) is 18.1 Å². The second-order valence-corrected chi connectivity index (χ2v) is 10.3. The number of carbonyl (C=O) groups excluding carboxylic acids is 1. The zero-order valence-corrected chi connectivity index (χ0v) is 21.3. The van der Waals surface area contributed by atoms with Crippen molar-refractivity contribution >= 4 is 44.3 Å². The Bertz CT molecular complexity index is 1220. The summed E-state index contributed by atoms with van der Waals surface area (Å²) < 4.78 is 6.27. The van der Waals surface area contributed by atoms with Crippen LogP contribution in [0.25, 0.3) is 10.9 Å². The summed E-state index contributed by atoms with van der Waals surface area (Å²) in [5.74, 6) is 0.883. The van der Waals surface area contributed by atoms with E-state index in [0.29, 0.717) is 18.2 Å². The van der Waals surface area contributed by atoms with E-state index in [0.717, 1.165) is 40.8 Å². The second-order valence-electron chi connectivity index (χ2n) is 9.35. The van der Waals surface area contributed by atoms with Crippen LogP contribution in [0.15, 0.2) is 52.2 Å². The first-order chi connectivity index (χ1) is 16.5. The lowest BCUT2D eigenvalue weighted by molar-refractivity contribution is -0.154. The van der Waals surface area contributed by atoms with Crippen molar-refractivity contribution in [2.24, 2.45) is 22.9 Å². The SMILES string of the molecule is CC[C@H]1CN(C)[C@H]2Cc3c([nH]c4ccccc34)/C(=N/Nc3ccc(Br)cn3)C[C@H]1[C@@H]2C(=O)OC. The van der Waals surface area contributed by atoms with Crippen LogP contribution in [0.1, 0.15) is 31.0 Å². The fourth-order valence-electron chi connectivity index (χ4n) is 5.83. The number of rotatable bonds is 4. The van der Waals surface area contributed by atoms with E-state index in [1.807, 2.05) is 18.2 Å². The molecule has 34 heavy (non-hydrogen) atoms. The van der Waals surface area contributed by atoms with Gasteiger partial charge in [0.25, 0.3) is 0 Å². The number of hydrazone groups is 1. The number of piperidine rings is 1. The third-order valence-electron chi connectivity index (χ3n) is 7.54. The summed E-state index contributed by atoms with van der Waals surface area (Å²) in [6, 6.07) is 12.3. The van der Waals surface area contributed by atoms with Crippen molar-refractivity contribution in [3.63, 3.8) is 0 Å². The van der Waals surface area contributed by atoms with E-state index < -0.39 is 0 Å². The van der Waals surface area contributed by atoms with Gasteiger partial charge in [-0.05, 0) is 71.4 Å². The first-order valence-electron chi connectivity index (χ1n) is 11.8. The molecule has 1 aromatic carbocycles. The summed E-state index contributed by atoms with van der Waals surface area (Å²) >= 11 is 3.43. The van der Waals surface area contributed by atoms with Gasteiger partial charge in [0, 0.05) is 34.2 Å². The Morgan fingerprint density at radius 3 is 2.85 bits per heavy atom. The highest BCUT2D eigenvalue weighted by molar-refractivity contribution is 9.10. The number of likely N-dealkylation sites (tertiary alicyclic amines) is 1. The maximum absolute atomic E-state index is 13.2. The Morgan fingerprint density at radius 2 is 2.12 bits per heavy atom. The maximum atomic E-state index is 13.2. The van der Waals surface area contributed by atoms with Gasteiger partial charge in [0.05, 0.1) is 24.4 Å². The molecule has 0 unspecified atom stereocenters. The van der Waals surface area contributed by atoms with Crippen molar-refractivity contribution in [1.82, 2.24) is 14.9 Å². The molecule has 5 rings (SSSR count). The van der Waals surface area contributed by atoms with Crippen LogP contribution < -0.4 is 5.43 Å². The number of methoxy groups -OCH3 is 1. The van der Waals surface area contributed by atoms with Gasteiger partial charge in [-0.2, -0.15) is 5.10 Å². The summed E-state index contributed by atoms with van der Waals surface area (Å²) in [5.41, 5.74) is 7.43. The number of hydrogen-bond donors (Lipinski definition) is 2. The second kappa shape index (κ2) is 9.50. The average Bonchev–Trinajstić information content (AvgIpc) is 3.20. The van der Waals surface area contributed by atoms with Crippen LogP contribution in [0.3, 0.4) is 0 Å². The summed E-state index contributed by atoms with van der Waals surface area (Å²) in [5, 5.41) is 6.05. The number of aromatic amines is 1. The lowest BCUT2D eigenvalue weighted by Gasteiger charge is -2.48. The Labute approximate surface area is 208 Å². The van der Waals surface area contributed by atoms with E-state index in [-0.39, 0.29) is 23.8 Å². The molecule has 8 heteroatoms. The predicted molar refractivity (Wildman–Crippen MR) is 138 cm³/mol. The molecule has 0 amide bonds. The zero-order chi connectivity index (χ0) is 23.8. The molecule has 1 aliphatic carbocycles. The first kappa shape index (κ1) is 23.1. The van der Waals surface area contributed by atoms with Crippen LogP contribution in [-0.4, -0.2) is 53.3 Å². The van der Waals surface area contributed by atoms with Crippen molar-refractivity contribution in [2.75, 3.05) is 26.1 Å². The minimum Gasteiger partial charge on any atom is -0.469 e. The number of nitrogens with one attached hydrogen (secondary N) is 2. The van der Waals surface area contributed by atoms with Crippen LogP contribution in [0.4, 0.5) is 5.82 Å². The molecule has 7 nitrogen and oxygen atoms in total. The Balaban J connectivity index is 1.65. The fourth-order valence-corrected chi connectivity index (χ4v) is 6.07. The third kappa shape index (κ3) is 4.14. The molecule has 3 heterocycles. The van der Waals surface area contributed by atoms with E-state index >= 15 is 0 Å². The largest absolute Gasteiger partial charge is 0.469 e. The van der Waals surface area contributed by atoms with Gasteiger partial charge in [-0.25, -0.2) is 4.98 Å². The average molecular weight is 524 g/mol. The van der Waals surface area contributed by atoms with Gasteiger partial charge in [-0.15, -0.1) is 0 Å². The molecule has 1 fully saturated rings. The number of H-pyrrole nitrogens is 1. The molecule has 178 valence electrons. The normalized spacial score (nSPS) is 26.1. The van der Waals surface area contributed by atoms with Crippen LogP contribution in [0.5, 0.6) is 0 Å². The van der Waals surface area contributed by atoms with Crippen molar-refractivity contribution in [2.45, 2.75) is 32.2 Å². The summed E-state index contributed by atoms with van der Waals surface area (Å²) in [7, 11) is 3.65. The molecule has 2 aliphatic rings. The molecule has 2 N–H and O–H groups in total. The predicted octanol–water partition coefficient (Wildman–Crippen LogP) is 4.83. The molecule has 1 saturated heterocycles. The molecular weight excluding hydrogens is 494 g/mol. The van der Waals surface area contributed by atoms with Gasteiger partial charge >= 0.3 is 5.97 Å². The number of ether oxygens (including phenoxy) is 1. The van der Waals surface area contributed by atoms with E-state index in [2.05, 4.69) is 68.4 Å². The Morgan fingerprint density at radius 1 is 1.29 bits per heavy atom. The Kier molecular flexibility index (Phi) is 6.44. The molecule has 0 spiro atoms. The number of carbonyl (C=O) groups is 1. The number of halogens is 1. The highest BCUT2D eigenvalue weighted by Gasteiger charge is 2.48. The van der Waals surface area contributed by atoms with Crippen LogP contribution in [-0.2, 0) is 16.0 Å². The van der Waals surface area contributed by atoms with Gasteiger partial charge in [-0.3, -0.25) is 10.2 Å². The number of hydrogen-bond acceptors (Lipinski definition) is 6. The van der Waals surface area contributed by atoms with Crippen molar-refractivity contribution < 1.29 is 9.53 Å². The number of para-hydroxylation sites is 1. The minimum absolute atomic E-state index is 0.0841. The summed E-state index contributed by atoms with van der Waals surface area (Å²) in [6.07, 6.45) is 4.20. The number of aromatic nitrogens is 2. The zero-order valence-electron chi connectivity index (χ0n) is 19.7. The lowest BCUT2D eigenvalue weighted by Crippen LogP contribution is -2.56. The molecule has 2 bridgehead atoms. The number of likely N-dealkylation sites (N-methyl/N-ethyl adjacent to an activating group) is 1. The van der Waals surface area contributed by atoms with Crippen LogP contribution in [0.2, 0.25) is 0 Å². The summed E-state index contributed by atoms with van der Waals surface area (Å²) in [4.78, 5) is 23.6. The van der Waals surface area contributed by atoms with Crippen molar-refractivity contribution in [3.8, 4) is 0 Å². The molecule has 1 aliphatic heterocycles. The van der Waals surface area contributed by atoms with Gasteiger partial charge in [0.1, 0.15) is 5.82 Å². The highest BCUT2D eigenvalue weighted by Crippen LogP contribution is 2.42. The number of benzene rings is 1. The van der Waals surface area contributed by atoms with E-state index in [4.69, 9.17) is 9.84 Å². The number of pyridine rings is 1. The summed E-state index contributed by atoms with van der Waals surface area (Å²) in [6.45, 7) is 3.17. The number of nitrogens with zero attached hydrogens (tertiary/aromatic N) is 3. The lowest BCUT2D eigenvalue weighted by atomic mass is 9.67. The number of fused-ring (bicyclic) bond motifs is 5. The van der Waals surface area contributed by atoms with Crippen LogP contribution in [0, 0.1) is 17.8 Å². The fraction of sp³-hybridized carbons (Fsp3) is 0.423. The molecule has 2 aromatic heterocycles.